The van der Waals surface area contributed by atoms with Crippen molar-refractivity contribution < 1.29 is 18.7 Å². The summed E-state index contributed by atoms with van der Waals surface area (Å²) in [7, 11) is 0. The number of ether oxygens (including phenoxy) is 1. The molecule has 2 heterocycles. The molecule has 0 fully saturated rings. The zero-order valence-electron chi connectivity index (χ0n) is 13.1. The van der Waals surface area contributed by atoms with Crippen molar-refractivity contribution in [2.45, 2.75) is 32.8 Å². The fraction of sp³-hybridized carbons (Fsp3) is 0.294. The largest absolute Gasteiger partial charge is 0.456 e. The van der Waals surface area contributed by atoms with Gasteiger partial charge in [0.1, 0.15) is 17.9 Å². The fourth-order valence-corrected chi connectivity index (χ4v) is 2.46. The molecule has 7 heteroatoms. The second kappa shape index (κ2) is 6.66. The van der Waals surface area contributed by atoms with E-state index < -0.39 is 11.6 Å². The zero-order valence-corrected chi connectivity index (χ0v) is 13.1. The second-order valence-electron chi connectivity index (χ2n) is 5.44. The lowest BCUT2D eigenvalue weighted by atomic mass is 10.1. The first kappa shape index (κ1) is 15.9. The van der Waals surface area contributed by atoms with E-state index in [0.29, 0.717) is 11.1 Å². The molecule has 2 aromatic rings. The normalized spacial score (nSPS) is 14.2. The predicted octanol–water partition coefficient (Wildman–Crippen LogP) is 1.66. The number of carbonyl (C=O) groups excluding carboxylic acids is 2. The number of carbonyl (C=O) groups is 2. The molecule has 124 valence electrons. The minimum absolute atomic E-state index is 0.0701. The van der Waals surface area contributed by atoms with Crippen molar-refractivity contribution in [1.82, 2.24) is 5.43 Å². The van der Waals surface area contributed by atoms with E-state index in [0.717, 1.165) is 17.4 Å². The Bertz CT molecular complexity index is 897. The molecule has 1 aromatic heterocycles. The molecule has 3 rings (SSSR count). The summed E-state index contributed by atoms with van der Waals surface area (Å²) in [6.45, 7) is 1.94. The van der Waals surface area contributed by atoms with Gasteiger partial charge in [0.05, 0.1) is 0 Å². The summed E-state index contributed by atoms with van der Waals surface area (Å²) >= 11 is 0. The van der Waals surface area contributed by atoms with Crippen molar-refractivity contribution >= 4 is 28.6 Å². The highest BCUT2D eigenvalue weighted by Crippen LogP contribution is 2.20. The highest BCUT2D eigenvalue weighted by atomic mass is 16.5. The van der Waals surface area contributed by atoms with Crippen LogP contribution < -0.4 is 11.1 Å². The molecule has 0 atom stereocenters. The maximum atomic E-state index is 12.0. The summed E-state index contributed by atoms with van der Waals surface area (Å²) in [5.41, 5.74) is 4.00. The van der Waals surface area contributed by atoms with Crippen LogP contribution in [-0.2, 0) is 27.4 Å². The van der Waals surface area contributed by atoms with Crippen molar-refractivity contribution in [3.05, 3.63) is 45.8 Å². The molecule has 0 spiro atoms. The molecule has 0 bridgehead atoms. The minimum Gasteiger partial charge on any atom is -0.456 e. The van der Waals surface area contributed by atoms with E-state index in [2.05, 4.69) is 10.5 Å². The number of hydrogen-bond donors (Lipinski definition) is 1. The number of benzene rings is 1. The Morgan fingerprint density at radius 1 is 1.29 bits per heavy atom. The second-order valence-corrected chi connectivity index (χ2v) is 5.44. The molecule has 1 N–H and O–H groups in total. The number of hydrogen-bond acceptors (Lipinski definition) is 6. The number of rotatable bonds is 4. The third kappa shape index (κ3) is 3.34. The van der Waals surface area contributed by atoms with Crippen LogP contribution in [-0.4, -0.2) is 17.6 Å². The van der Waals surface area contributed by atoms with E-state index in [1.807, 2.05) is 25.1 Å². The SMILES string of the molecule is CCc1ccc2c(COC(=O)C3=NNC(=O)CC3)cc(=O)oc2c1. The molecule has 1 amide bonds. The topological polar surface area (TPSA) is 98.0 Å². The van der Waals surface area contributed by atoms with Crippen LogP contribution in [0.15, 0.2) is 38.6 Å². The average molecular weight is 328 g/mol. The summed E-state index contributed by atoms with van der Waals surface area (Å²) in [6, 6.07) is 6.90. The van der Waals surface area contributed by atoms with Crippen molar-refractivity contribution in [2.75, 3.05) is 0 Å². The summed E-state index contributed by atoms with van der Waals surface area (Å²) in [6.07, 6.45) is 1.26. The Morgan fingerprint density at radius 2 is 2.12 bits per heavy atom. The lowest BCUT2D eigenvalue weighted by Crippen LogP contribution is -2.30. The van der Waals surface area contributed by atoms with E-state index in [4.69, 9.17) is 9.15 Å². The van der Waals surface area contributed by atoms with Gasteiger partial charge < -0.3 is 9.15 Å². The van der Waals surface area contributed by atoms with Crippen LogP contribution in [0, 0.1) is 0 Å². The van der Waals surface area contributed by atoms with Gasteiger partial charge in [-0.2, -0.15) is 5.10 Å². The number of nitrogens with one attached hydrogen (secondary N) is 1. The molecule has 0 aliphatic carbocycles. The standard InChI is InChI=1S/C17H16N2O5/c1-2-10-3-4-12-11(8-16(21)24-14(12)7-10)9-23-17(22)13-5-6-15(20)19-18-13/h3-4,7-8H,2,5-6,9H2,1H3,(H,19,20). The number of aryl methyl sites for hydroxylation is 1. The van der Waals surface area contributed by atoms with Crippen molar-refractivity contribution in [3.8, 4) is 0 Å². The number of nitrogens with zero attached hydrogens (tertiary/aromatic N) is 1. The van der Waals surface area contributed by atoms with Gasteiger partial charge in [-0.3, -0.25) is 4.79 Å². The Balaban J connectivity index is 1.81. The predicted molar refractivity (Wildman–Crippen MR) is 86.5 cm³/mol. The van der Waals surface area contributed by atoms with Crippen LogP contribution in [0.25, 0.3) is 11.0 Å². The molecule has 0 radical (unpaired) electrons. The van der Waals surface area contributed by atoms with Crippen molar-refractivity contribution in [1.29, 1.82) is 0 Å². The Hall–Kier alpha value is -2.96. The molecular weight excluding hydrogens is 312 g/mol. The molecule has 0 unspecified atom stereocenters. The lowest BCUT2D eigenvalue weighted by molar-refractivity contribution is -0.137. The van der Waals surface area contributed by atoms with E-state index in [-0.39, 0.29) is 31.1 Å². The van der Waals surface area contributed by atoms with Gasteiger partial charge in [-0.1, -0.05) is 19.1 Å². The fourth-order valence-electron chi connectivity index (χ4n) is 2.46. The molecule has 1 aromatic carbocycles. The molecule has 1 aliphatic heterocycles. The van der Waals surface area contributed by atoms with E-state index in [9.17, 15) is 14.4 Å². The van der Waals surface area contributed by atoms with Gasteiger partial charge in [-0.05, 0) is 18.1 Å². The molecule has 7 nitrogen and oxygen atoms in total. The highest BCUT2D eigenvalue weighted by Gasteiger charge is 2.20. The number of amides is 1. The lowest BCUT2D eigenvalue weighted by Gasteiger charge is -2.12. The number of fused-ring (bicyclic) bond motifs is 1. The van der Waals surface area contributed by atoms with Gasteiger partial charge in [0.2, 0.25) is 5.91 Å². The monoisotopic (exact) mass is 328 g/mol. The number of esters is 1. The summed E-state index contributed by atoms with van der Waals surface area (Å²) in [4.78, 5) is 34.7. The summed E-state index contributed by atoms with van der Waals surface area (Å²) in [5.74, 6) is -0.841. The van der Waals surface area contributed by atoms with Crippen LogP contribution in [0.2, 0.25) is 0 Å². The van der Waals surface area contributed by atoms with Gasteiger partial charge in [0, 0.05) is 29.9 Å². The highest BCUT2D eigenvalue weighted by molar-refractivity contribution is 6.37. The van der Waals surface area contributed by atoms with Crippen LogP contribution >= 0.6 is 0 Å². The molecular formula is C17H16N2O5. The van der Waals surface area contributed by atoms with Gasteiger partial charge >= 0.3 is 11.6 Å². The van der Waals surface area contributed by atoms with E-state index in [1.54, 1.807) is 0 Å². The first-order chi connectivity index (χ1) is 11.6. The van der Waals surface area contributed by atoms with Gasteiger partial charge in [0.15, 0.2) is 0 Å². The first-order valence-corrected chi connectivity index (χ1v) is 7.65. The van der Waals surface area contributed by atoms with Crippen molar-refractivity contribution in [2.24, 2.45) is 5.10 Å². The molecule has 0 saturated carbocycles. The van der Waals surface area contributed by atoms with Crippen LogP contribution in [0.1, 0.15) is 30.9 Å². The Morgan fingerprint density at radius 3 is 2.83 bits per heavy atom. The van der Waals surface area contributed by atoms with Gasteiger partial charge in [-0.15, -0.1) is 0 Å². The first-order valence-electron chi connectivity index (χ1n) is 7.65. The quantitative estimate of drug-likeness (QED) is 0.680. The third-order valence-electron chi connectivity index (χ3n) is 3.80. The van der Waals surface area contributed by atoms with Crippen LogP contribution in [0.4, 0.5) is 0 Å². The van der Waals surface area contributed by atoms with Gasteiger partial charge in [-0.25, -0.2) is 15.0 Å². The molecule has 1 aliphatic rings. The van der Waals surface area contributed by atoms with Crippen LogP contribution in [0.3, 0.4) is 0 Å². The summed E-state index contributed by atoms with van der Waals surface area (Å²) in [5, 5.41) is 4.41. The van der Waals surface area contributed by atoms with E-state index >= 15 is 0 Å². The Kier molecular flexibility index (Phi) is 4.41. The smallest absolute Gasteiger partial charge is 0.354 e. The van der Waals surface area contributed by atoms with E-state index in [1.165, 1.54) is 6.07 Å². The minimum atomic E-state index is -0.610. The number of hydrazone groups is 1. The molecule has 24 heavy (non-hydrogen) atoms. The maximum Gasteiger partial charge on any atom is 0.354 e. The zero-order chi connectivity index (χ0) is 17.1. The Labute approximate surface area is 137 Å². The third-order valence-corrected chi connectivity index (χ3v) is 3.80. The average Bonchev–Trinajstić information content (AvgIpc) is 2.59. The van der Waals surface area contributed by atoms with Gasteiger partial charge in [0.25, 0.3) is 0 Å². The summed E-state index contributed by atoms with van der Waals surface area (Å²) < 4.78 is 10.4. The van der Waals surface area contributed by atoms with Crippen LogP contribution in [0.5, 0.6) is 0 Å². The molecule has 0 saturated heterocycles. The maximum absolute atomic E-state index is 12.0. The van der Waals surface area contributed by atoms with Crippen molar-refractivity contribution in [3.63, 3.8) is 0 Å².